The van der Waals surface area contributed by atoms with Crippen LogP contribution in [0.3, 0.4) is 0 Å². The molecule has 5 N–H and O–H groups in total. The van der Waals surface area contributed by atoms with E-state index >= 15 is 0 Å². The summed E-state index contributed by atoms with van der Waals surface area (Å²) < 4.78 is 0. The number of primary amides is 1. The molecular formula is C10H19N3O2. The van der Waals surface area contributed by atoms with Gasteiger partial charge in [-0.1, -0.05) is 0 Å². The molecule has 0 aromatic heterocycles. The van der Waals surface area contributed by atoms with Crippen LogP contribution in [-0.2, 0) is 9.59 Å². The number of hydrogen-bond acceptors (Lipinski definition) is 3. The highest BCUT2D eigenvalue weighted by molar-refractivity contribution is 5.77. The number of nitrogens with one attached hydrogen (secondary N) is 1. The summed E-state index contributed by atoms with van der Waals surface area (Å²) in [5.41, 5.74) is 10.6. The van der Waals surface area contributed by atoms with Crippen molar-refractivity contribution in [1.29, 1.82) is 0 Å². The smallest absolute Gasteiger partial charge is 0.221 e. The standard InChI is InChI=1S/C10H19N3O2/c11-8(14)3-1-6-13-9(15)7-10(12)4-2-5-10/h1-7,12H2,(H2,11,14)(H,13,15). The molecule has 1 aliphatic carbocycles. The van der Waals surface area contributed by atoms with E-state index in [1.165, 1.54) is 0 Å². The summed E-state index contributed by atoms with van der Waals surface area (Å²) in [6.45, 7) is 0.498. The SMILES string of the molecule is NC(=O)CCCNC(=O)CC1(N)CCC1. The van der Waals surface area contributed by atoms with Gasteiger partial charge in [-0.05, 0) is 25.7 Å². The average Bonchev–Trinajstić information content (AvgIpc) is 2.09. The van der Waals surface area contributed by atoms with Gasteiger partial charge in [0, 0.05) is 24.9 Å². The third-order valence-electron chi connectivity index (χ3n) is 2.78. The molecule has 2 amide bonds. The summed E-state index contributed by atoms with van der Waals surface area (Å²) in [5, 5.41) is 2.74. The molecule has 0 bridgehead atoms. The summed E-state index contributed by atoms with van der Waals surface area (Å²) in [6.07, 6.45) is 4.28. The highest BCUT2D eigenvalue weighted by Crippen LogP contribution is 2.31. The summed E-state index contributed by atoms with van der Waals surface area (Å²) in [5.74, 6) is -0.361. The van der Waals surface area contributed by atoms with E-state index in [1.807, 2.05) is 0 Å². The topological polar surface area (TPSA) is 98.2 Å². The first-order valence-corrected chi connectivity index (χ1v) is 5.36. The lowest BCUT2D eigenvalue weighted by Crippen LogP contribution is -2.50. The molecule has 0 atom stereocenters. The number of nitrogens with two attached hydrogens (primary N) is 2. The molecule has 0 spiro atoms. The second-order valence-corrected chi connectivity index (χ2v) is 4.31. The van der Waals surface area contributed by atoms with Gasteiger partial charge in [0.15, 0.2) is 0 Å². The summed E-state index contributed by atoms with van der Waals surface area (Å²) in [4.78, 5) is 21.8. The third-order valence-corrected chi connectivity index (χ3v) is 2.78. The molecule has 1 saturated carbocycles. The van der Waals surface area contributed by atoms with E-state index in [1.54, 1.807) is 0 Å². The Morgan fingerprint density at radius 1 is 1.33 bits per heavy atom. The molecule has 1 fully saturated rings. The van der Waals surface area contributed by atoms with Gasteiger partial charge in [0.25, 0.3) is 0 Å². The van der Waals surface area contributed by atoms with Crippen molar-refractivity contribution in [2.24, 2.45) is 11.5 Å². The van der Waals surface area contributed by atoms with Gasteiger partial charge in [0.1, 0.15) is 0 Å². The van der Waals surface area contributed by atoms with E-state index in [0.717, 1.165) is 19.3 Å². The van der Waals surface area contributed by atoms with E-state index < -0.39 is 0 Å². The second kappa shape index (κ2) is 5.11. The molecule has 5 nitrogen and oxygen atoms in total. The van der Waals surface area contributed by atoms with Gasteiger partial charge in [0.2, 0.25) is 11.8 Å². The number of carbonyl (C=O) groups is 2. The molecule has 0 aromatic carbocycles. The van der Waals surface area contributed by atoms with E-state index in [4.69, 9.17) is 11.5 Å². The first-order chi connectivity index (χ1) is 7.02. The molecule has 5 heteroatoms. The fraction of sp³-hybridized carbons (Fsp3) is 0.800. The molecule has 15 heavy (non-hydrogen) atoms. The minimum atomic E-state index is -0.335. The normalized spacial score (nSPS) is 17.9. The number of amides is 2. The Balaban J connectivity index is 2.06. The first-order valence-electron chi connectivity index (χ1n) is 5.36. The Morgan fingerprint density at radius 3 is 2.47 bits per heavy atom. The van der Waals surface area contributed by atoms with Gasteiger partial charge >= 0.3 is 0 Å². The minimum Gasteiger partial charge on any atom is -0.370 e. The van der Waals surface area contributed by atoms with E-state index in [9.17, 15) is 9.59 Å². The monoisotopic (exact) mass is 213 g/mol. The summed E-state index contributed by atoms with van der Waals surface area (Å²) in [6, 6.07) is 0. The van der Waals surface area contributed by atoms with Crippen LogP contribution in [0, 0.1) is 0 Å². The predicted octanol–water partition coefficient (Wildman–Crippen LogP) is -0.360. The van der Waals surface area contributed by atoms with Crippen LogP contribution in [0.2, 0.25) is 0 Å². The van der Waals surface area contributed by atoms with Crippen LogP contribution >= 0.6 is 0 Å². The van der Waals surface area contributed by atoms with Crippen molar-refractivity contribution in [3.8, 4) is 0 Å². The maximum absolute atomic E-state index is 11.4. The van der Waals surface area contributed by atoms with Crippen LogP contribution in [0.1, 0.15) is 38.5 Å². The van der Waals surface area contributed by atoms with Gasteiger partial charge in [0.05, 0.1) is 0 Å². The van der Waals surface area contributed by atoms with Gasteiger partial charge in [-0.3, -0.25) is 9.59 Å². The van der Waals surface area contributed by atoms with Crippen LogP contribution in [0.4, 0.5) is 0 Å². The van der Waals surface area contributed by atoms with Crippen molar-refractivity contribution in [2.45, 2.75) is 44.1 Å². The molecule has 0 unspecified atom stereocenters. The molecular weight excluding hydrogens is 194 g/mol. The Labute approximate surface area is 89.6 Å². The van der Waals surface area contributed by atoms with E-state index in [0.29, 0.717) is 25.8 Å². The van der Waals surface area contributed by atoms with Crippen molar-refractivity contribution in [2.75, 3.05) is 6.54 Å². The largest absolute Gasteiger partial charge is 0.370 e. The van der Waals surface area contributed by atoms with Crippen LogP contribution in [0.5, 0.6) is 0 Å². The zero-order valence-electron chi connectivity index (χ0n) is 8.92. The van der Waals surface area contributed by atoms with Crippen molar-refractivity contribution >= 4 is 11.8 Å². The molecule has 0 aromatic rings. The molecule has 1 aliphatic rings. The lowest BCUT2D eigenvalue weighted by Gasteiger charge is -2.37. The minimum absolute atomic E-state index is 0.0262. The molecule has 0 aliphatic heterocycles. The van der Waals surface area contributed by atoms with E-state index in [-0.39, 0.29) is 17.4 Å². The molecule has 0 saturated heterocycles. The number of rotatable bonds is 6. The summed E-state index contributed by atoms with van der Waals surface area (Å²) >= 11 is 0. The van der Waals surface area contributed by atoms with Gasteiger partial charge in [-0.2, -0.15) is 0 Å². The van der Waals surface area contributed by atoms with Crippen LogP contribution in [0.15, 0.2) is 0 Å². The Bertz CT molecular complexity index is 249. The van der Waals surface area contributed by atoms with Crippen LogP contribution in [0.25, 0.3) is 0 Å². The molecule has 0 radical (unpaired) electrons. The second-order valence-electron chi connectivity index (χ2n) is 4.31. The maximum Gasteiger partial charge on any atom is 0.221 e. The highest BCUT2D eigenvalue weighted by atomic mass is 16.2. The van der Waals surface area contributed by atoms with Crippen molar-refractivity contribution in [1.82, 2.24) is 5.32 Å². The lowest BCUT2D eigenvalue weighted by molar-refractivity contribution is -0.123. The van der Waals surface area contributed by atoms with Crippen molar-refractivity contribution in [3.63, 3.8) is 0 Å². The Morgan fingerprint density at radius 2 is 2.00 bits per heavy atom. The van der Waals surface area contributed by atoms with Crippen LogP contribution in [-0.4, -0.2) is 23.9 Å². The van der Waals surface area contributed by atoms with E-state index in [2.05, 4.69) is 5.32 Å². The molecule has 0 heterocycles. The van der Waals surface area contributed by atoms with Gasteiger partial charge < -0.3 is 16.8 Å². The zero-order chi connectivity index (χ0) is 11.3. The van der Waals surface area contributed by atoms with Gasteiger partial charge in [-0.15, -0.1) is 0 Å². The Kier molecular flexibility index (Phi) is 4.08. The molecule has 1 rings (SSSR count). The van der Waals surface area contributed by atoms with Crippen LogP contribution < -0.4 is 16.8 Å². The van der Waals surface area contributed by atoms with Crippen molar-refractivity contribution in [3.05, 3.63) is 0 Å². The van der Waals surface area contributed by atoms with Gasteiger partial charge in [-0.25, -0.2) is 0 Å². The third kappa shape index (κ3) is 4.29. The quantitative estimate of drug-likeness (QED) is 0.525. The summed E-state index contributed by atoms with van der Waals surface area (Å²) in [7, 11) is 0. The van der Waals surface area contributed by atoms with Crippen molar-refractivity contribution < 1.29 is 9.59 Å². The number of hydrogen-bond donors (Lipinski definition) is 3. The first kappa shape index (κ1) is 12.0. The maximum atomic E-state index is 11.4. The Hall–Kier alpha value is -1.10. The predicted molar refractivity (Wildman–Crippen MR) is 56.8 cm³/mol. The zero-order valence-corrected chi connectivity index (χ0v) is 8.92. The molecule has 86 valence electrons. The highest BCUT2D eigenvalue weighted by Gasteiger charge is 2.34. The average molecular weight is 213 g/mol. The number of carbonyl (C=O) groups excluding carboxylic acids is 2. The lowest BCUT2D eigenvalue weighted by atomic mass is 9.75. The fourth-order valence-electron chi connectivity index (χ4n) is 1.68. The fourth-order valence-corrected chi connectivity index (χ4v) is 1.68.